The fraction of sp³-hybridized carbons (Fsp3) is 0.846. The average Bonchev–Trinajstić information content (AvgIpc) is 2.34. The topological polar surface area (TPSA) is 55.4 Å². The maximum atomic E-state index is 11.5. The van der Waals surface area contributed by atoms with Crippen LogP contribution >= 0.6 is 0 Å². The largest absolute Gasteiger partial charge is 0.378 e. The fourth-order valence-electron chi connectivity index (χ4n) is 1.81. The van der Waals surface area contributed by atoms with Gasteiger partial charge < -0.3 is 10.1 Å². The molecule has 0 aliphatic carbocycles. The van der Waals surface area contributed by atoms with E-state index >= 15 is 0 Å². The molecular formula is C13H23NO3. The van der Waals surface area contributed by atoms with Crippen LogP contribution < -0.4 is 5.32 Å². The van der Waals surface area contributed by atoms with Gasteiger partial charge in [0.1, 0.15) is 0 Å². The first kappa shape index (κ1) is 14.2. The van der Waals surface area contributed by atoms with Gasteiger partial charge in [0.25, 0.3) is 0 Å². The lowest BCUT2D eigenvalue weighted by Crippen LogP contribution is -2.32. The van der Waals surface area contributed by atoms with Crippen molar-refractivity contribution in [2.75, 3.05) is 13.2 Å². The first-order valence-electron chi connectivity index (χ1n) is 6.50. The Balaban J connectivity index is 2.10. The minimum Gasteiger partial charge on any atom is -0.378 e. The zero-order valence-electron chi connectivity index (χ0n) is 10.8. The van der Waals surface area contributed by atoms with E-state index in [0.29, 0.717) is 6.42 Å². The number of rotatable bonds is 6. The Morgan fingerprint density at radius 2 is 2.12 bits per heavy atom. The van der Waals surface area contributed by atoms with Gasteiger partial charge in [0.2, 0.25) is 5.91 Å². The number of carbonyl (C=O) groups is 2. The molecule has 4 heteroatoms. The Morgan fingerprint density at radius 1 is 1.35 bits per heavy atom. The van der Waals surface area contributed by atoms with Gasteiger partial charge in [-0.3, -0.25) is 9.59 Å². The maximum absolute atomic E-state index is 11.5. The van der Waals surface area contributed by atoms with Crippen LogP contribution in [0, 0.1) is 5.92 Å². The molecule has 1 saturated heterocycles. The predicted octanol–water partition coefficient (Wildman–Crippen LogP) is 1.68. The smallest absolute Gasteiger partial charge is 0.220 e. The highest BCUT2D eigenvalue weighted by Crippen LogP contribution is 2.16. The molecule has 1 aliphatic heterocycles. The second-order valence-corrected chi connectivity index (χ2v) is 4.92. The molecule has 98 valence electrons. The Labute approximate surface area is 103 Å². The Hall–Kier alpha value is -0.900. The third kappa shape index (κ3) is 5.82. The highest BCUT2D eigenvalue weighted by Gasteiger charge is 2.15. The molecule has 1 atom stereocenters. The molecule has 1 fully saturated rings. The molecule has 17 heavy (non-hydrogen) atoms. The molecule has 0 bridgehead atoms. The van der Waals surface area contributed by atoms with E-state index in [0.717, 1.165) is 25.9 Å². The Morgan fingerprint density at radius 3 is 2.71 bits per heavy atom. The van der Waals surface area contributed by atoms with Crippen molar-refractivity contribution < 1.29 is 14.3 Å². The first-order chi connectivity index (χ1) is 8.09. The number of Topliss-reactive ketones (excluding diaryl/α,β-unsaturated/α-hetero) is 1. The van der Waals surface area contributed by atoms with E-state index in [1.54, 1.807) is 0 Å². The number of ketones is 1. The van der Waals surface area contributed by atoms with Crippen LogP contribution in [0.4, 0.5) is 0 Å². The van der Waals surface area contributed by atoms with Gasteiger partial charge in [-0.2, -0.15) is 0 Å². The fourth-order valence-corrected chi connectivity index (χ4v) is 1.81. The third-order valence-electron chi connectivity index (χ3n) is 3.07. The quantitative estimate of drug-likeness (QED) is 0.769. The summed E-state index contributed by atoms with van der Waals surface area (Å²) in [4.78, 5) is 22.8. The lowest BCUT2D eigenvalue weighted by molar-refractivity contribution is -0.127. The van der Waals surface area contributed by atoms with Gasteiger partial charge in [-0.05, 0) is 25.7 Å². The number of hydrogen-bond acceptors (Lipinski definition) is 3. The van der Waals surface area contributed by atoms with Gasteiger partial charge in [-0.15, -0.1) is 0 Å². The molecule has 0 aromatic heterocycles. The van der Waals surface area contributed by atoms with Crippen molar-refractivity contribution in [2.45, 2.75) is 52.1 Å². The molecule has 0 aromatic carbocycles. The van der Waals surface area contributed by atoms with Crippen LogP contribution in [0.5, 0.6) is 0 Å². The summed E-state index contributed by atoms with van der Waals surface area (Å²) in [6.07, 6.45) is 4.83. The van der Waals surface area contributed by atoms with Gasteiger partial charge in [-0.25, -0.2) is 0 Å². The van der Waals surface area contributed by atoms with Gasteiger partial charge in [-0.1, -0.05) is 13.8 Å². The van der Waals surface area contributed by atoms with Crippen LogP contribution in [0.15, 0.2) is 0 Å². The van der Waals surface area contributed by atoms with Crippen LogP contribution in [-0.2, 0) is 14.3 Å². The molecule has 0 saturated carbocycles. The second-order valence-electron chi connectivity index (χ2n) is 4.92. The number of ether oxygens (including phenoxy) is 1. The minimum atomic E-state index is -0.0480. The molecule has 1 aliphatic rings. The molecule has 1 heterocycles. The summed E-state index contributed by atoms with van der Waals surface area (Å²) in [5, 5.41) is 2.66. The van der Waals surface area contributed by atoms with E-state index in [1.165, 1.54) is 6.42 Å². The number of amides is 1. The minimum absolute atomic E-state index is 0.0167. The van der Waals surface area contributed by atoms with Crippen LogP contribution in [0.2, 0.25) is 0 Å². The van der Waals surface area contributed by atoms with E-state index in [-0.39, 0.29) is 30.3 Å². The molecule has 1 N–H and O–H groups in total. The van der Waals surface area contributed by atoms with E-state index in [2.05, 4.69) is 5.32 Å². The number of hydrogen-bond donors (Lipinski definition) is 1. The summed E-state index contributed by atoms with van der Waals surface area (Å²) >= 11 is 0. The third-order valence-corrected chi connectivity index (χ3v) is 3.07. The van der Waals surface area contributed by atoms with Crippen LogP contribution in [-0.4, -0.2) is 30.9 Å². The molecule has 1 rings (SSSR count). The van der Waals surface area contributed by atoms with Crippen molar-refractivity contribution in [3.63, 3.8) is 0 Å². The summed E-state index contributed by atoms with van der Waals surface area (Å²) in [5.41, 5.74) is 0. The molecule has 4 nitrogen and oxygen atoms in total. The molecular weight excluding hydrogens is 218 g/mol. The van der Waals surface area contributed by atoms with Crippen molar-refractivity contribution in [3.05, 3.63) is 0 Å². The monoisotopic (exact) mass is 241 g/mol. The average molecular weight is 241 g/mol. The van der Waals surface area contributed by atoms with Crippen LogP contribution in [0.25, 0.3) is 0 Å². The number of nitrogens with one attached hydrogen (secondary N) is 1. The highest BCUT2D eigenvalue weighted by atomic mass is 16.5. The van der Waals surface area contributed by atoms with Crippen LogP contribution in [0.1, 0.15) is 46.0 Å². The van der Waals surface area contributed by atoms with E-state index in [4.69, 9.17) is 4.74 Å². The normalized spacial score (nSPS) is 20.3. The molecule has 1 unspecified atom stereocenters. The summed E-state index contributed by atoms with van der Waals surface area (Å²) < 4.78 is 5.55. The van der Waals surface area contributed by atoms with Gasteiger partial charge in [0.15, 0.2) is 5.78 Å². The first-order valence-corrected chi connectivity index (χ1v) is 6.50. The zero-order valence-corrected chi connectivity index (χ0v) is 10.8. The highest BCUT2D eigenvalue weighted by molar-refractivity contribution is 5.87. The molecule has 0 radical (unpaired) electrons. The lowest BCUT2D eigenvalue weighted by atomic mass is 10.0. The SMILES string of the molecule is CC(C)C(=O)CNC(=O)CCC1CCCCO1. The van der Waals surface area contributed by atoms with Gasteiger partial charge in [0.05, 0.1) is 12.6 Å². The zero-order chi connectivity index (χ0) is 12.7. The summed E-state index contributed by atoms with van der Waals surface area (Å²) in [7, 11) is 0. The molecule has 0 aromatic rings. The predicted molar refractivity (Wildman–Crippen MR) is 65.7 cm³/mol. The van der Waals surface area contributed by atoms with Gasteiger partial charge in [0, 0.05) is 18.9 Å². The number of carbonyl (C=O) groups excluding carboxylic acids is 2. The lowest BCUT2D eigenvalue weighted by Gasteiger charge is -2.22. The standard InChI is InChI=1S/C13H23NO3/c1-10(2)12(15)9-14-13(16)7-6-11-5-3-4-8-17-11/h10-11H,3-9H2,1-2H3,(H,14,16). The second kappa shape index (κ2) is 7.43. The van der Waals surface area contributed by atoms with Crippen molar-refractivity contribution in [1.82, 2.24) is 5.32 Å². The van der Waals surface area contributed by atoms with Crippen molar-refractivity contribution >= 4 is 11.7 Å². The van der Waals surface area contributed by atoms with E-state index < -0.39 is 0 Å². The molecule has 0 spiro atoms. The summed E-state index contributed by atoms with van der Waals surface area (Å²) in [6.45, 7) is 4.65. The van der Waals surface area contributed by atoms with Crippen molar-refractivity contribution in [2.24, 2.45) is 5.92 Å². The van der Waals surface area contributed by atoms with E-state index in [9.17, 15) is 9.59 Å². The summed E-state index contributed by atoms with van der Waals surface area (Å²) in [5.74, 6) is 0.0115. The van der Waals surface area contributed by atoms with E-state index in [1.807, 2.05) is 13.8 Å². The molecule has 1 amide bonds. The maximum Gasteiger partial charge on any atom is 0.220 e. The Bertz CT molecular complexity index is 257. The van der Waals surface area contributed by atoms with Crippen LogP contribution in [0.3, 0.4) is 0 Å². The Kier molecular flexibility index (Phi) is 6.19. The van der Waals surface area contributed by atoms with Gasteiger partial charge >= 0.3 is 0 Å². The summed E-state index contributed by atoms with van der Waals surface area (Å²) in [6, 6.07) is 0. The van der Waals surface area contributed by atoms with Crippen molar-refractivity contribution in [1.29, 1.82) is 0 Å². The van der Waals surface area contributed by atoms with Crippen molar-refractivity contribution in [3.8, 4) is 0 Å².